The first kappa shape index (κ1) is 9.04. The number of carbonyl (C=O) groups is 1. The van der Waals surface area contributed by atoms with Gasteiger partial charge in [-0.3, -0.25) is 4.79 Å². The standard InChI is InChI=1S/C10H14O2/c1-7-3-4-8(2)6-9(5-7)10(11)12/h3,6,9H,4-5H2,1-2H3,(H,11,12). The molecule has 0 bridgehead atoms. The zero-order chi connectivity index (χ0) is 9.14. The molecular weight excluding hydrogens is 152 g/mol. The second kappa shape index (κ2) is 3.57. The number of hydrogen-bond acceptors (Lipinski definition) is 1. The number of rotatable bonds is 1. The highest BCUT2D eigenvalue weighted by Gasteiger charge is 2.16. The lowest BCUT2D eigenvalue weighted by molar-refractivity contribution is -0.140. The monoisotopic (exact) mass is 166 g/mol. The van der Waals surface area contributed by atoms with Crippen LogP contribution in [0.1, 0.15) is 26.7 Å². The summed E-state index contributed by atoms with van der Waals surface area (Å²) in [7, 11) is 0. The molecule has 0 heterocycles. The van der Waals surface area contributed by atoms with Crippen molar-refractivity contribution in [1.29, 1.82) is 0 Å². The largest absolute Gasteiger partial charge is 0.481 e. The van der Waals surface area contributed by atoms with Crippen LogP contribution in [0.5, 0.6) is 0 Å². The Morgan fingerprint density at radius 2 is 2.17 bits per heavy atom. The highest BCUT2D eigenvalue weighted by atomic mass is 16.4. The number of carboxylic acids is 1. The Morgan fingerprint density at radius 3 is 2.75 bits per heavy atom. The molecule has 0 aromatic carbocycles. The van der Waals surface area contributed by atoms with Crippen molar-refractivity contribution in [2.24, 2.45) is 5.92 Å². The van der Waals surface area contributed by atoms with Crippen LogP contribution in [-0.4, -0.2) is 11.1 Å². The number of allylic oxidation sites excluding steroid dienone is 3. The summed E-state index contributed by atoms with van der Waals surface area (Å²) in [5.74, 6) is -1.03. The molecule has 2 heteroatoms. The summed E-state index contributed by atoms with van der Waals surface area (Å²) in [4.78, 5) is 10.7. The maximum Gasteiger partial charge on any atom is 0.310 e. The van der Waals surface area contributed by atoms with Crippen molar-refractivity contribution in [2.75, 3.05) is 0 Å². The van der Waals surface area contributed by atoms with Gasteiger partial charge in [0, 0.05) is 0 Å². The summed E-state index contributed by atoms with van der Waals surface area (Å²) in [6.07, 6.45) is 5.52. The smallest absolute Gasteiger partial charge is 0.310 e. The second-order valence-corrected chi connectivity index (χ2v) is 3.42. The SMILES string of the molecule is CC1=CC(C(=O)O)CC(C)=CC1. The summed E-state index contributed by atoms with van der Waals surface area (Å²) in [6, 6.07) is 0. The Kier molecular flexibility index (Phi) is 2.69. The number of carboxylic acid groups (broad SMARTS) is 1. The van der Waals surface area contributed by atoms with Crippen LogP contribution >= 0.6 is 0 Å². The van der Waals surface area contributed by atoms with Gasteiger partial charge in [0.15, 0.2) is 0 Å². The van der Waals surface area contributed by atoms with Gasteiger partial charge in [-0.2, -0.15) is 0 Å². The van der Waals surface area contributed by atoms with Gasteiger partial charge in [-0.15, -0.1) is 0 Å². The Morgan fingerprint density at radius 1 is 1.50 bits per heavy atom. The highest BCUT2D eigenvalue weighted by molar-refractivity contribution is 5.72. The Hall–Kier alpha value is -1.05. The van der Waals surface area contributed by atoms with E-state index in [0.717, 1.165) is 12.0 Å². The van der Waals surface area contributed by atoms with Crippen LogP contribution in [0.3, 0.4) is 0 Å². The average Bonchev–Trinajstić information content (AvgIpc) is 2.13. The van der Waals surface area contributed by atoms with E-state index in [1.165, 1.54) is 5.57 Å². The number of hydrogen-bond donors (Lipinski definition) is 1. The molecule has 0 aliphatic heterocycles. The molecule has 1 rings (SSSR count). The van der Waals surface area contributed by atoms with E-state index in [2.05, 4.69) is 6.08 Å². The summed E-state index contributed by atoms with van der Waals surface area (Å²) < 4.78 is 0. The van der Waals surface area contributed by atoms with Gasteiger partial charge >= 0.3 is 5.97 Å². The van der Waals surface area contributed by atoms with Gasteiger partial charge in [-0.1, -0.05) is 23.3 Å². The minimum absolute atomic E-state index is 0.316. The molecule has 12 heavy (non-hydrogen) atoms. The summed E-state index contributed by atoms with van der Waals surface area (Å²) in [5, 5.41) is 8.83. The maximum atomic E-state index is 10.7. The zero-order valence-corrected chi connectivity index (χ0v) is 7.50. The maximum absolute atomic E-state index is 10.7. The molecule has 2 nitrogen and oxygen atoms in total. The molecule has 1 N–H and O–H groups in total. The van der Waals surface area contributed by atoms with Gasteiger partial charge in [-0.05, 0) is 26.7 Å². The van der Waals surface area contributed by atoms with Crippen molar-refractivity contribution in [3.8, 4) is 0 Å². The molecule has 1 aliphatic carbocycles. The van der Waals surface area contributed by atoms with Crippen LogP contribution in [0, 0.1) is 5.92 Å². The summed E-state index contributed by atoms with van der Waals surface area (Å²) >= 11 is 0. The van der Waals surface area contributed by atoms with E-state index in [1.807, 2.05) is 19.9 Å². The Bertz CT molecular complexity index is 249. The molecule has 0 radical (unpaired) electrons. The molecule has 0 aromatic heterocycles. The van der Waals surface area contributed by atoms with E-state index >= 15 is 0 Å². The van der Waals surface area contributed by atoms with Crippen LogP contribution in [-0.2, 0) is 4.79 Å². The van der Waals surface area contributed by atoms with Gasteiger partial charge < -0.3 is 5.11 Å². The van der Waals surface area contributed by atoms with Gasteiger partial charge in [0.25, 0.3) is 0 Å². The Labute approximate surface area is 72.6 Å². The van der Waals surface area contributed by atoms with Gasteiger partial charge in [0.1, 0.15) is 0 Å². The lowest BCUT2D eigenvalue weighted by Crippen LogP contribution is -2.10. The minimum atomic E-state index is -0.719. The molecule has 0 saturated carbocycles. The predicted octanol–water partition coefficient (Wildman–Crippen LogP) is 2.37. The molecular formula is C10H14O2. The first-order chi connectivity index (χ1) is 5.59. The predicted molar refractivity (Wildman–Crippen MR) is 47.9 cm³/mol. The molecule has 0 amide bonds. The average molecular weight is 166 g/mol. The molecule has 1 aliphatic rings. The van der Waals surface area contributed by atoms with Crippen LogP contribution in [0.25, 0.3) is 0 Å². The van der Waals surface area contributed by atoms with Crippen LogP contribution in [0.15, 0.2) is 23.3 Å². The van der Waals surface area contributed by atoms with Crippen LogP contribution in [0.2, 0.25) is 0 Å². The number of aliphatic carboxylic acids is 1. The van der Waals surface area contributed by atoms with E-state index in [0.29, 0.717) is 6.42 Å². The summed E-state index contributed by atoms with van der Waals surface area (Å²) in [6.45, 7) is 3.97. The second-order valence-electron chi connectivity index (χ2n) is 3.42. The molecule has 1 unspecified atom stereocenters. The molecule has 1 atom stereocenters. The first-order valence-electron chi connectivity index (χ1n) is 4.15. The van der Waals surface area contributed by atoms with E-state index in [1.54, 1.807) is 0 Å². The topological polar surface area (TPSA) is 37.3 Å². The first-order valence-corrected chi connectivity index (χ1v) is 4.15. The quantitative estimate of drug-likeness (QED) is 0.607. The third kappa shape index (κ3) is 2.22. The van der Waals surface area contributed by atoms with E-state index < -0.39 is 5.97 Å². The minimum Gasteiger partial charge on any atom is -0.481 e. The van der Waals surface area contributed by atoms with Crippen molar-refractivity contribution in [3.05, 3.63) is 23.3 Å². The van der Waals surface area contributed by atoms with Crippen LogP contribution < -0.4 is 0 Å². The Balaban J connectivity index is 2.82. The molecule has 0 aromatic rings. The van der Waals surface area contributed by atoms with Gasteiger partial charge in [0.2, 0.25) is 0 Å². The fourth-order valence-corrected chi connectivity index (χ4v) is 1.39. The van der Waals surface area contributed by atoms with E-state index in [-0.39, 0.29) is 5.92 Å². The zero-order valence-electron chi connectivity index (χ0n) is 7.50. The van der Waals surface area contributed by atoms with Gasteiger partial charge in [0.05, 0.1) is 5.92 Å². The lowest BCUT2D eigenvalue weighted by Gasteiger charge is -2.05. The normalized spacial score (nSPS) is 24.0. The molecule has 66 valence electrons. The van der Waals surface area contributed by atoms with Gasteiger partial charge in [-0.25, -0.2) is 0 Å². The fourth-order valence-electron chi connectivity index (χ4n) is 1.39. The van der Waals surface area contributed by atoms with Crippen molar-refractivity contribution < 1.29 is 9.90 Å². The third-order valence-corrected chi connectivity index (χ3v) is 2.12. The fraction of sp³-hybridized carbons (Fsp3) is 0.500. The van der Waals surface area contributed by atoms with E-state index in [9.17, 15) is 4.79 Å². The van der Waals surface area contributed by atoms with Crippen molar-refractivity contribution in [2.45, 2.75) is 26.7 Å². The van der Waals surface area contributed by atoms with Crippen molar-refractivity contribution >= 4 is 5.97 Å². The summed E-state index contributed by atoms with van der Waals surface area (Å²) in [5.41, 5.74) is 2.33. The molecule has 0 fully saturated rings. The highest BCUT2D eigenvalue weighted by Crippen LogP contribution is 2.21. The lowest BCUT2D eigenvalue weighted by atomic mass is 10.0. The molecule has 0 spiro atoms. The van der Waals surface area contributed by atoms with E-state index in [4.69, 9.17) is 5.11 Å². The van der Waals surface area contributed by atoms with Crippen molar-refractivity contribution in [3.63, 3.8) is 0 Å². The third-order valence-electron chi connectivity index (χ3n) is 2.12. The van der Waals surface area contributed by atoms with Crippen molar-refractivity contribution in [1.82, 2.24) is 0 Å². The molecule has 0 saturated heterocycles. The van der Waals surface area contributed by atoms with Crippen LogP contribution in [0.4, 0.5) is 0 Å².